The van der Waals surface area contributed by atoms with Crippen LogP contribution in [0.3, 0.4) is 0 Å². The lowest BCUT2D eigenvalue weighted by Crippen LogP contribution is -2.45. The van der Waals surface area contributed by atoms with Gasteiger partial charge in [-0.1, -0.05) is 13.3 Å². The zero-order valence-corrected chi connectivity index (χ0v) is 8.10. The van der Waals surface area contributed by atoms with Crippen molar-refractivity contribution in [2.45, 2.75) is 32.4 Å². The van der Waals surface area contributed by atoms with Gasteiger partial charge in [-0.15, -0.1) is 0 Å². The molecule has 0 aliphatic carbocycles. The van der Waals surface area contributed by atoms with Crippen molar-refractivity contribution in [3.63, 3.8) is 0 Å². The van der Waals surface area contributed by atoms with Crippen molar-refractivity contribution in [1.29, 1.82) is 0 Å². The molecular weight excluding hydrogens is 195 g/mol. The Bertz CT molecular complexity index is 207. The Kier molecular flexibility index (Phi) is 3.39. The quantitative estimate of drug-likeness (QED) is 0.648. The monoisotopic (exact) mass is 209 g/mol. The second kappa shape index (κ2) is 4.19. The predicted molar refractivity (Wildman–Crippen MR) is 45.7 cm³/mol. The van der Waals surface area contributed by atoms with Gasteiger partial charge >= 0.3 is 12.1 Å². The van der Waals surface area contributed by atoms with Crippen LogP contribution in [-0.2, 0) is 4.79 Å². The van der Waals surface area contributed by atoms with Gasteiger partial charge < -0.3 is 4.90 Å². The SMILES string of the molecule is CCC1CCN(C(=O)C(F)(F)F)CC1. The van der Waals surface area contributed by atoms with Gasteiger partial charge in [-0.2, -0.15) is 13.2 Å². The number of piperidine rings is 1. The van der Waals surface area contributed by atoms with E-state index in [4.69, 9.17) is 0 Å². The smallest absolute Gasteiger partial charge is 0.335 e. The van der Waals surface area contributed by atoms with E-state index >= 15 is 0 Å². The maximum atomic E-state index is 12.0. The van der Waals surface area contributed by atoms with E-state index in [9.17, 15) is 18.0 Å². The summed E-state index contributed by atoms with van der Waals surface area (Å²) in [6.45, 7) is 2.51. The van der Waals surface area contributed by atoms with E-state index in [-0.39, 0.29) is 13.1 Å². The number of rotatable bonds is 1. The Balaban J connectivity index is 2.46. The number of hydrogen-bond acceptors (Lipinski definition) is 1. The average molecular weight is 209 g/mol. The average Bonchev–Trinajstić information content (AvgIpc) is 2.15. The third-order valence-electron chi connectivity index (χ3n) is 2.72. The summed E-state index contributed by atoms with van der Waals surface area (Å²) in [5, 5.41) is 0. The Morgan fingerprint density at radius 3 is 2.21 bits per heavy atom. The fourth-order valence-corrected chi connectivity index (χ4v) is 1.72. The molecule has 1 saturated heterocycles. The minimum atomic E-state index is -4.71. The van der Waals surface area contributed by atoms with Gasteiger partial charge in [0, 0.05) is 13.1 Å². The summed E-state index contributed by atoms with van der Waals surface area (Å²) in [6, 6.07) is 0. The van der Waals surface area contributed by atoms with Crippen molar-refractivity contribution in [3.05, 3.63) is 0 Å². The van der Waals surface area contributed by atoms with E-state index in [1.54, 1.807) is 0 Å². The molecule has 1 aliphatic rings. The van der Waals surface area contributed by atoms with E-state index in [1.165, 1.54) is 0 Å². The first-order valence-electron chi connectivity index (χ1n) is 4.81. The van der Waals surface area contributed by atoms with Gasteiger partial charge in [-0.05, 0) is 18.8 Å². The standard InChI is InChI=1S/C9H14F3NO/c1-2-7-3-5-13(6-4-7)8(14)9(10,11)12/h7H,2-6H2,1H3. The van der Waals surface area contributed by atoms with Crippen molar-refractivity contribution < 1.29 is 18.0 Å². The molecule has 0 atom stereocenters. The molecule has 0 radical (unpaired) electrons. The van der Waals surface area contributed by atoms with Crippen LogP contribution in [-0.4, -0.2) is 30.1 Å². The normalized spacial score (nSPS) is 19.9. The van der Waals surface area contributed by atoms with E-state index in [0.29, 0.717) is 18.8 Å². The molecule has 0 bridgehead atoms. The zero-order valence-electron chi connectivity index (χ0n) is 8.10. The fraction of sp³-hybridized carbons (Fsp3) is 0.889. The second-order valence-electron chi connectivity index (χ2n) is 3.64. The van der Waals surface area contributed by atoms with Gasteiger partial charge in [0.05, 0.1) is 0 Å². The highest BCUT2D eigenvalue weighted by Gasteiger charge is 2.43. The lowest BCUT2D eigenvalue weighted by atomic mass is 9.94. The highest BCUT2D eigenvalue weighted by molar-refractivity contribution is 5.81. The first-order valence-corrected chi connectivity index (χ1v) is 4.81. The highest BCUT2D eigenvalue weighted by atomic mass is 19.4. The molecule has 1 amide bonds. The minimum Gasteiger partial charge on any atom is -0.335 e. The first-order chi connectivity index (χ1) is 6.45. The molecular formula is C9H14F3NO. The number of carbonyl (C=O) groups excluding carboxylic acids is 1. The molecule has 1 aliphatic heterocycles. The van der Waals surface area contributed by atoms with Gasteiger partial charge in [-0.3, -0.25) is 4.79 Å². The molecule has 82 valence electrons. The molecule has 0 unspecified atom stereocenters. The number of likely N-dealkylation sites (tertiary alicyclic amines) is 1. The predicted octanol–water partition coefficient (Wildman–Crippen LogP) is 2.20. The van der Waals surface area contributed by atoms with Crippen LogP contribution in [0.5, 0.6) is 0 Å². The van der Waals surface area contributed by atoms with E-state index < -0.39 is 12.1 Å². The second-order valence-corrected chi connectivity index (χ2v) is 3.64. The molecule has 0 saturated carbocycles. The van der Waals surface area contributed by atoms with Crippen molar-refractivity contribution in [1.82, 2.24) is 4.90 Å². The largest absolute Gasteiger partial charge is 0.471 e. The molecule has 0 N–H and O–H groups in total. The Hall–Kier alpha value is -0.740. The number of hydrogen-bond donors (Lipinski definition) is 0. The van der Waals surface area contributed by atoms with Crippen LogP contribution in [0, 0.1) is 5.92 Å². The molecule has 5 heteroatoms. The van der Waals surface area contributed by atoms with Crippen molar-refractivity contribution in [2.75, 3.05) is 13.1 Å². The summed E-state index contributed by atoms with van der Waals surface area (Å²) in [5.41, 5.74) is 0. The molecule has 0 aromatic heterocycles. The lowest BCUT2D eigenvalue weighted by Gasteiger charge is -2.31. The summed E-state index contributed by atoms with van der Waals surface area (Å²) in [5.74, 6) is -1.21. The Morgan fingerprint density at radius 2 is 1.86 bits per heavy atom. The lowest BCUT2D eigenvalue weighted by molar-refractivity contribution is -0.186. The number of amides is 1. The molecule has 0 aromatic rings. The van der Waals surface area contributed by atoms with Crippen LogP contribution in [0.25, 0.3) is 0 Å². The van der Waals surface area contributed by atoms with Crippen LogP contribution < -0.4 is 0 Å². The molecule has 2 nitrogen and oxygen atoms in total. The zero-order chi connectivity index (χ0) is 10.8. The summed E-state index contributed by atoms with van der Waals surface area (Å²) in [7, 11) is 0. The molecule has 1 fully saturated rings. The van der Waals surface area contributed by atoms with Gasteiger partial charge in [0.2, 0.25) is 0 Å². The topological polar surface area (TPSA) is 20.3 Å². The Morgan fingerprint density at radius 1 is 1.36 bits per heavy atom. The highest BCUT2D eigenvalue weighted by Crippen LogP contribution is 2.24. The summed E-state index contributed by atoms with van der Waals surface area (Å²) < 4.78 is 36.1. The molecule has 1 rings (SSSR count). The van der Waals surface area contributed by atoms with Gasteiger partial charge in [-0.25, -0.2) is 0 Å². The van der Waals surface area contributed by atoms with Crippen LogP contribution in [0.2, 0.25) is 0 Å². The maximum Gasteiger partial charge on any atom is 0.471 e. The fourth-order valence-electron chi connectivity index (χ4n) is 1.72. The van der Waals surface area contributed by atoms with Gasteiger partial charge in [0.1, 0.15) is 0 Å². The van der Waals surface area contributed by atoms with Crippen molar-refractivity contribution in [2.24, 2.45) is 5.92 Å². The van der Waals surface area contributed by atoms with Crippen molar-refractivity contribution >= 4 is 5.91 Å². The van der Waals surface area contributed by atoms with Crippen LogP contribution >= 0.6 is 0 Å². The molecule has 14 heavy (non-hydrogen) atoms. The third kappa shape index (κ3) is 2.62. The number of nitrogens with zero attached hydrogens (tertiary/aromatic N) is 1. The molecule has 0 aromatic carbocycles. The number of carbonyl (C=O) groups is 1. The summed E-state index contributed by atoms with van der Waals surface area (Å²) >= 11 is 0. The van der Waals surface area contributed by atoms with Crippen molar-refractivity contribution in [3.8, 4) is 0 Å². The third-order valence-corrected chi connectivity index (χ3v) is 2.72. The van der Waals surface area contributed by atoms with Gasteiger partial charge in [0.15, 0.2) is 0 Å². The van der Waals surface area contributed by atoms with Gasteiger partial charge in [0.25, 0.3) is 0 Å². The summed E-state index contributed by atoms with van der Waals surface area (Å²) in [6.07, 6.45) is -2.34. The Labute approximate surface area is 81.1 Å². The van der Waals surface area contributed by atoms with Crippen LogP contribution in [0.15, 0.2) is 0 Å². The van der Waals surface area contributed by atoms with Crippen LogP contribution in [0.4, 0.5) is 13.2 Å². The maximum absolute atomic E-state index is 12.0. The van der Waals surface area contributed by atoms with E-state index in [0.717, 1.165) is 11.3 Å². The van der Waals surface area contributed by atoms with E-state index in [1.807, 2.05) is 6.92 Å². The minimum absolute atomic E-state index is 0.247. The molecule has 0 spiro atoms. The number of halogens is 3. The summed E-state index contributed by atoms with van der Waals surface area (Å²) in [4.78, 5) is 11.7. The number of alkyl halides is 3. The first kappa shape index (κ1) is 11.3. The molecule has 1 heterocycles. The van der Waals surface area contributed by atoms with E-state index in [2.05, 4.69) is 0 Å². The van der Waals surface area contributed by atoms with Crippen LogP contribution in [0.1, 0.15) is 26.2 Å².